The second-order valence-corrected chi connectivity index (χ2v) is 3.57. The highest BCUT2D eigenvalue weighted by Gasteiger charge is 2.34. The Balaban J connectivity index is 2.00. The Bertz CT molecular complexity index is 350. The van der Waals surface area contributed by atoms with Crippen molar-refractivity contribution in [2.45, 2.75) is 18.4 Å². The summed E-state index contributed by atoms with van der Waals surface area (Å²) in [6.07, 6.45) is 6.19. The zero-order valence-electron chi connectivity index (χ0n) is 7.94. The van der Waals surface area contributed by atoms with Crippen LogP contribution < -0.4 is 10.5 Å². The van der Waals surface area contributed by atoms with Crippen LogP contribution in [0.25, 0.3) is 0 Å². The molecule has 0 aromatic heterocycles. The standard InChI is InChI=1S/C12H13NO/c1-2-7-14-10-5-3-9(4-6-10)11-8-12(11)13/h1,3-6,11-12H,7-8,13H2/t11-,12+/m0/s1. The largest absolute Gasteiger partial charge is 0.481 e. The van der Waals surface area contributed by atoms with Gasteiger partial charge in [-0.05, 0) is 24.1 Å². The van der Waals surface area contributed by atoms with Gasteiger partial charge in [0.05, 0.1) is 0 Å². The van der Waals surface area contributed by atoms with Crippen molar-refractivity contribution in [1.29, 1.82) is 0 Å². The highest BCUT2D eigenvalue weighted by molar-refractivity contribution is 5.33. The molecule has 2 N–H and O–H groups in total. The lowest BCUT2D eigenvalue weighted by Crippen LogP contribution is -2.01. The SMILES string of the molecule is C#CCOc1ccc([C@@H]2C[C@H]2N)cc1. The molecule has 0 spiro atoms. The van der Waals surface area contributed by atoms with Gasteiger partial charge in [-0.1, -0.05) is 18.1 Å². The molecule has 0 amide bonds. The van der Waals surface area contributed by atoms with Crippen molar-refractivity contribution >= 4 is 0 Å². The summed E-state index contributed by atoms with van der Waals surface area (Å²) in [6, 6.07) is 8.36. The molecule has 1 aliphatic carbocycles. The van der Waals surface area contributed by atoms with Gasteiger partial charge in [-0.25, -0.2) is 0 Å². The van der Waals surface area contributed by atoms with E-state index in [1.165, 1.54) is 5.56 Å². The number of terminal acetylenes is 1. The number of ether oxygens (including phenoxy) is 1. The molecule has 2 atom stereocenters. The lowest BCUT2D eigenvalue weighted by molar-refractivity contribution is 0.370. The minimum Gasteiger partial charge on any atom is -0.481 e. The molecule has 1 aliphatic rings. The van der Waals surface area contributed by atoms with Crippen molar-refractivity contribution in [2.24, 2.45) is 5.73 Å². The smallest absolute Gasteiger partial charge is 0.148 e. The van der Waals surface area contributed by atoms with Crippen molar-refractivity contribution in [3.8, 4) is 18.1 Å². The van der Waals surface area contributed by atoms with Crippen LogP contribution in [0.3, 0.4) is 0 Å². The molecule has 1 fully saturated rings. The van der Waals surface area contributed by atoms with E-state index in [0.717, 1.165) is 12.2 Å². The highest BCUT2D eigenvalue weighted by atomic mass is 16.5. The van der Waals surface area contributed by atoms with E-state index >= 15 is 0 Å². The Morgan fingerprint density at radius 1 is 1.43 bits per heavy atom. The summed E-state index contributed by atoms with van der Waals surface area (Å²) < 4.78 is 5.27. The normalized spacial score (nSPS) is 24.0. The third kappa shape index (κ3) is 1.89. The van der Waals surface area contributed by atoms with Crippen LogP contribution in [0, 0.1) is 12.3 Å². The maximum atomic E-state index is 5.76. The van der Waals surface area contributed by atoms with Gasteiger partial charge in [0.15, 0.2) is 0 Å². The first-order chi connectivity index (χ1) is 6.81. The van der Waals surface area contributed by atoms with Crippen molar-refractivity contribution in [3.05, 3.63) is 29.8 Å². The molecule has 1 aromatic rings. The van der Waals surface area contributed by atoms with Gasteiger partial charge in [-0.2, -0.15) is 0 Å². The molecule has 0 radical (unpaired) electrons. The predicted molar refractivity (Wildman–Crippen MR) is 56.1 cm³/mol. The van der Waals surface area contributed by atoms with Gasteiger partial charge in [0.25, 0.3) is 0 Å². The van der Waals surface area contributed by atoms with E-state index in [0.29, 0.717) is 18.6 Å². The van der Waals surface area contributed by atoms with Gasteiger partial charge >= 0.3 is 0 Å². The topological polar surface area (TPSA) is 35.2 Å². The second-order valence-electron chi connectivity index (χ2n) is 3.57. The molecule has 0 bridgehead atoms. The van der Waals surface area contributed by atoms with Crippen LogP contribution in [-0.2, 0) is 0 Å². The molecule has 1 saturated carbocycles. The second kappa shape index (κ2) is 3.73. The first-order valence-corrected chi connectivity index (χ1v) is 4.73. The van der Waals surface area contributed by atoms with Gasteiger partial charge in [0.1, 0.15) is 12.4 Å². The van der Waals surface area contributed by atoms with Gasteiger partial charge < -0.3 is 10.5 Å². The molecule has 2 heteroatoms. The minimum absolute atomic E-state index is 0.322. The minimum atomic E-state index is 0.322. The highest BCUT2D eigenvalue weighted by Crippen LogP contribution is 2.39. The fourth-order valence-electron chi connectivity index (χ4n) is 1.53. The number of hydrogen-bond donors (Lipinski definition) is 1. The van der Waals surface area contributed by atoms with Crippen molar-refractivity contribution in [3.63, 3.8) is 0 Å². The number of benzene rings is 1. The molecule has 0 heterocycles. The summed E-state index contributed by atoms with van der Waals surface area (Å²) in [5.74, 6) is 3.80. The summed E-state index contributed by atoms with van der Waals surface area (Å²) in [5.41, 5.74) is 7.06. The lowest BCUT2D eigenvalue weighted by Gasteiger charge is -2.03. The first kappa shape index (κ1) is 9.11. The molecule has 0 saturated heterocycles. The number of hydrogen-bond acceptors (Lipinski definition) is 2. The van der Waals surface area contributed by atoms with Gasteiger partial charge in [-0.3, -0.25) is 0 Å². The Labute approximate surface area is 84.1 Å². The molecular weight excluding hydrogens is 174 g/mol. The third-order valence-corrected chi connectivity index (χ3v) is 2.47. The lowest BCUT2D eigenvalue weighted by atomic mass is 10.1. The van der Waals surface area contributed by atoms with E-state index in [4.69, 9.17) is 16.9 Å². The zero-order chi connectivity index (χ0) is 9.97. The zero-order valence-corrected chi connectivity index (χ0v) is 7.94. The van der Waals surface area contributed by atoms with Crippen LogP contribution in [0.1, 0.15) is 17.9 Å². The summed E-state index contributed by atoms with van der Waals surface area (Å²) in [4.78, 5) is 0. The van der Waals surface area contributed by atoms with Gasteiger partial charge in [0, 0.05) is 12.0 Å². The quantitative estimate of drug-likeness (QED) is 0.728. The maximum Gasteiger partial charge on any atom is 0.148 e. The summed E-state index contributed by atoms with van der Waals surface area (Å²) in [7, 11) is 0. The van der Waals surface area contributed by atoms with E-state index in [9.17, 15) is 0 Å². The molecule has 2 nitrogen and oxygen atoms in total. The summed E-state index contributed by atoms with van der Waals surface area (Å²) >= 11 is 0. The van der Waals surface area contributed by atoms with Gasteiger partial charge in [0.2, 0.25) is 0 Å². The van der Waals surface area contributed by atoms with Crippen molar-refractivity contribution in [1.82, 2.24) is 0 Å². The number of rotatable bonds is 3. The van der Waals surface area contributed by atoms with E-state index in [-0.39, 0.29) is 0 Å². The van der Waals surface area contributed by atoms with Crippen molar-refractivity contribution < 1.29 is 4.74 Å². The molecule has 0 aliphatic heterocycles. The van der Waals surface area contributed by atoms with Crippen LogP contribution in [0.15, 0.2) is 24.3 Å². The van der Waals surface area contributed by atoms with Crippen LogP contribution in [0.2, 0.25) is 0 Å². The van der Waals surface area contributed by atoms with E-state index < -0.39 is 0 Å². The maximum absolute atomic E-state index is 5.76. The summed E-state index contributed by atoms with van der Waals surface area (Å²) in [6.45, 7) is 0.322. The van der Waals surface area contributed by atoms with Crippen LogP contribution in [0.4, 0.5) is 0 Å². The molecular formula is C12H13NO. The third-order valence-electron chi connectivity index (χ3n) is 2.47. The Morgan fingerprint density at radius 3 is 2.57 bits per heavy atom. The molecule has 14 heavy (non-hydrogen) atoms. The van der Waals surface area contributed by atoms with Crippen LogP contribution >= 0.6 is 0 Å². The van der Waals surface area contributed by atoms with E-state index in [1.807, 2.05) is 12.1 Å². The van der Waals surface area contributed by atoms with E-state index in [2.05, 4.69) is 18.1 Å². The number of nitrogens with two attached hydrogens (primary N) is 1. The molecule has 0 unspecified atom stereocenters. The summed E-state index contributed by atoms with van der Waals surface area (Å²) in [5, 5.41) is 0. The Kier molecular flexibility index (Phi) is 2.43. The van der Waals surface area contributed by atoms with Crippen LogP contribution in [0.5, 0.6) is 5.75 Å². The Hall–Kier alpha value is -1.46. The van der Waals surface area contributed by atoms with E-state index in [1.54, 1.807) is 0 Å². The van der Waals surface area contributed by atoms with Gasteiger partial charge in [-0.15, -0.1) is 6.42 Å². The predicted octanol–water partition coefficient (Wildman–Crippen LogP) is 1.51. The monoisotopic (exact) mass is 187 g/mol. The fraction of sp³-hybridized carbons (Fsp3) is 0.333. The first-order valence-electron chi connectivity index (χ1n) is 4.73. The van der Waals surface area contributed by atoms with Crippen molar-refractivity contribution in [2.75, 3.05) is 6.61 Å². The average molecular weight is 187 g/mol. The molecule has 1 aromatic carbocycles. The fourth-order valence-corrected chi connectivity index (χ4v) is 1.53. The van der Waals surface area contributed by atoms with Crippen LogP contribution in [-0.4, -0.2) is 12.6 Å². The Morgan fingerprint density at radius 2 is 2.07 bits per heavy atom. The average Bonchev–Trinajstić information content (AvgIpc) is 2.93. The molecule has 72 valence electrons. The molecule has 2 rings (SSSR count).